The molecule has 4 heteroatoms. The number of benzene rings is 7. The van der Waals surface area contributed by atoms with Gasteiger partial charge in [-0.15, -0.1) is 0 Å². The molecular formula is C53H46N2O2. The van der Waals surface area contributed by atoms with Gasteiger partial charge in [0.05, 0.1) is 22.5 Å². The van der Waals surface area contributed by atoms with Gasteiger partial charge in [0.1, 0.15) is 23.9 Å². The first-order chi connectivity index (χ1) is 27.7. The minimum Gasteiger partial charge on any atom is -0.488 e. The summed E-state index contributed by atoms with van der Waals surface area (Å²) in [6, 6.07) is 53.6. The van der Waals surface area contributed by atoms with E-state index in [0.717, 1.165) is 101 Å². The number of nitrogens with zero attached hydrogens (tertiary/aromatic N) is 2. The molecule has 57 heavy (non-hydrogen) atoms. The lowest BCUT2D eigenvalue weighted by Crippen LogP contribution is -2.01. The molecule has 0 aliphatic rings. The monoisotopic (exact) mass is 742 g/mol. The number of aliphatic imine (C=N–C) groups is 2. The van der Waals surface area contributed by atoms with Crippen molar-refractivity contribution in [1.82, 2.24) is 0 Å². The zero-order chi connectivity index (χ0) is 39.7. The van der Waals surface area contributed by atoms with Crippen LogP contribution in [0.2, 0.25) is 0 Å². The van der Waals surface area contributed by atoms with Crippen LogP contribution in [-0.2, 0) is 6.61 Å². The van der Waals surface area contributed by atoms with Gasteiger partial charge in [-0.3, -0.25) is 0 Å². The second-order valence-corrected chi connectivity index (χ2v) is 14.5. The quantitative estimate of drug-likeness (QED) is 0.124. The highest BCUT2D eigenvalue weighted by Crippen LogP contribution is 2.34. The molecule has 0 aromatic heterocycles. The zero-order valence-corrected chi connectivity index (χ0v) is 33.4. The van der Waals surface area contributed by atoms with Crippen molar-refractivity contribution in [3.8, 4) is 17.2 Å². The topological polar surface area (TPSA) is 43.2 Å². The van der Waals surface area contributed by atoms with E-state index in [0.29, 0.717) is 6.61 Å². The van der Waals surface area contributed by atoms with Crippen LogP contribution in [0.1, 0.15) is 61.2 Å². The molecule has 0 fully saturated rings. The Kier molecular flexibility index (Phi) is 11.9. The third-order valence-electron chi connectivity index (χ3n) is 9.75. The lowest BCUT2D eigenvalue weighted by Gasteiger charge is -2.16. The van der Waals surface area contributed by atoms with Gasteiger partial charge in [0.25, 0.3) is 0 Å². The van der Waals surface area contributed by atoms with Gasteiger partial charge < -0.3 is 9.47 Å². The average molecular weight is 743 g/mol. The van der Waals surface area contributed by atoms with E-state index in [4.69, 9.17) is 19.5 Å². The van der Waals surface area contributed by atoms with Crippen molar-refractivity contribution < 1.29 is 9.47 Å². The van der Waals surface area contributed by atoms with E-state index in [-0.39, 0.29) is 0 Å². The van der Waals surface area contributed by atoms with Crippen LogP contribution in [-0.4, -0.2) is 11.7 Å². The van der Waals surface area contributed by atoms with Crippen molar-refractivity contribution >= 4 is 34.3 Å². The maximum atomic E-state index is 6.49. The minimum absolute atomic E-state index is 0.433. The number of hydrogen-bond acceptors (Lipinski definition) is 4. The third kappa shape index (κ3) is 9.65. The van der Waals surface area contributed by atoms with E-state index < -0.39 is 0 Å². The van der Waals surface area contributed by atoms with Crippen molar-refractivity contribution in [2.45, 2.75) is 48.1 Å². The molecule has 0 atom stereocenters. The Balaban J connectivity index is 1.07. The molecule has 0 spiro atoms. The smallest absolute Gasteiger partial charge is 0.133 e. The molecule has 0 aliphatic carbocycles. The second-order valence-electron chi connectivity index (χ2n) is 14.5. The van der Waals surface area contributed by atoms with Crippen LogP contribution >= 0.6 is 0 Å². The molecule has 0 radical (unpaired) electrons. The van der Waals surface area contributed by atoms with Crippen molar-refractivity contribution in [3.05, 3.63) is 219 Å². The Labute approximate surface area is 336 Å². The van der Waals surface area contributed by atoms with E-state index in [1.54, 1.807) is 0 Å². The summed E-state index contributed by atoms with van der Waals surface area (Å²) in [5.74, 6) is 9.21. The first kappa shape index (κ1) is 38.3. The number of ether oxygens (including phenoxy) is 2. The lowest BCUT2D eigenvalue weighted by atomic mass is 9.95. The third-order valence-corrected chi connectivity index (χ3v) is 9.75. The minimum atomic E-state index is 0.433. The second kappa shape index (κ2) is 17.7. The molecule has 7 aromatic carbocycles. The molecule has 4 nitrogen and oxygen atoms in total. The molecule has 0 saturated carbocycles. The fourth-order valence-electron chi connectivity index (χ4n) is 6.94. The van der Waals surface area contributed by atoms with Crippen LogP contribution in [0.4, 0.5) is 11.4 Å². The van der Waals surface area contributed by atoms with Crippen LogP contribution in [0.25, 0.3) is 11.1 Å². The standard InChI is InChI=1S/C53H46N2O2/c1-36-15-13-21-47(27-36)54-33-50(43-17-9-7-10-18-43)45-29-38(3)52(39(4)30-45)56-35-42-23-25-49(26-24-42)57-53-40(5)31-46(32-41(53)6)51(44-19-11-8-12-20-44)34-55-48-22-14-16-37(2)28-48/h7-32H,35H2,1-6H3. The number of rotatable bonds is 11. The summed E-state index contributed by atoms with van der Waals surface area (Å²) < 4.78 is 12.9. The molecule has 0 unspecified atom stereocenters. The normalized spacial score (nSPS) is 10.6. The van der Waals surface area contributed by atoms with Gasteiger partial charge in [0.2, 0.25) is 0 Å². The van der Waals surface area contributed by atoms with Crippen molar-refractivity contribution in [2.24, 2.45) is 9.98 Å². The fraction of sp³-hybridized carbons (Fsp3) is 0.132. The summed E-state index contributed by atoms with van der Waals surface area (Å²) in [4.78, 5) is 9.45. The van der Waals surface area contributed by atoms with Gasteiger partial charge >= 0.3 is 0 Å². The predicted molar refractivity (Wildman–Crippen MR) is 237 cm³/mol. The molecule has 0 aliphatic heterocycles. The molecule has 280 valence electrons. The average Bonchev–Trinajstić information content (AvgIpc) is 3.20. The summed E-state index contributed by atoms with van der Waals surface area (Å²) in [5, 5.41) is 0. The first-order valence-electron chi connectivity index (χ1n) is 19.2. The summed E-state index contributed by atoms with van der Waals surface area (Å²) >= 11 is 0. The number of hydrogen-bond donors (Lipinski definition) is 0. The van der Waals surface area contributed by atoms with Crippen molar-refractivity contribution in [1.29, 1.82) is 0 Å². The van der Waals surface area contributed by atoms with E-state index in [2.05, 4.69) is 138 Å². The maximum absolute atomic E-state index is 6.49. The highest BCUT2D eigenvalue weighted by Gasteiger charge is 2.14. The molecule has 0 heterocycles. The Hall–Kier alpha value is -6.96. The number of aryl methyl sites for hydroxylation is 6. The predicted octanol–water partition coefficient (Wildman–Crippen LogP) is 13.8. The molecule has 0 amide bonds. The summed E-state index contributed by atoms with van der Waals surface area (Å²) in [7, 11) is 0. The molecule has 7 rings (SSSR count). The van der Waals surface area contributed by atoms with Crippen molar-refractivity contribution in [2.75, 3.05) is 0 Å². The molecule has 0 bridgehead atoms. The van der Waals surface area contributed by atoms with E-state index in [9.17, 15) is 0 Å². The molecule has 7 aromatic rings. The molecule has 0 saturated heterocycles. The SMILES string of the molecule is Cc1cccc(N=C=C(c2ccccc2)c2cc(C)c(OCc3ccc(Oc4c(C)cc(C(=C=Nc5cccc(C)c5)c5ccccc5)cc4C)cc3)c(C)c2)c1. The molecule has 0 N–H and O–H groups in total. The van der Waals surface area contributed by atoms with Gasteiger partial charge in [-0.25, -0.2) is 9.98 Å². The van der Waals surface area contributed by atoms with Gasteiger partial charge in [-0.05, 0) is 175 Å². The summed E-state index contributed by atoms with van der Waals surface area (Å²) in [5.41, 5.74) is 15.4. The van der Waals surface area contributed by atoms with E-state index in [1.165, 1.54) is 0 Å². The highest BCUT2D eigenvalue weighted by molar-refractivity contribution is 6.00. The summed E-state index contributed by atoms with van der Waals surface area (Å²) in [6.45, 7) is 12.9. The first-order valence-corrected chi connectivity index (χ1v) is 19.2. The lowest BCUT2D eigenvalue weighted by molar-refractivity contribution is 0.302. The van der Waals surface area contributed by atoms with Crippen LogP contribution in [0.5, 0.6) is 17.2 Å². The summed E-state index contributed by atoms with van der Waals surface area (Å²) in [6.07, 6.45) is 0. The van der Waals surface area contributed by atoms with Crippen LogP contribution in [0.15, 0.2) is 168 Å². The Morgan fingerprint density at radius 2 is 0.877 bits per heavy atom. The van der Waals surface area contributed by atoms with E-state index >= 15 is 0 Å². The fourth-order valence-corrected chi connectivity index (χ4v) is 6.94. The van der Waals surface area contributed by atoms with E-state index in [1.807, 2.05) is 72.8 Å². The van der Waals surface area contributed by atoms with Gasteiger partial charge in [-0.1, -0.05) is 97.1 Å². The zero-order valence-electron chi connectivity index (χ0n) is 33.4. The maximum Gasteiger partial charge on any atom is 0.133 e. The van der Waals surface area contributed by atoms with Crippen LogP contribution in [0.3, 0.4) is 0 Å². The molecular weight excluding hydrogens is 697 g/mol. The Morgan fingerprint density at radius 3 is 1.32 bits per heavy atom. The van der Waals surface area contributed by atoms with Gasteiger partial charge in [0.15, 0.2) is 0 Å². The van der Waals surface area contributed by atoms with Gasteiger partial charge in [-0.2, -0.15) is 0 Å². The van der Waals surface area contributed by atoms with Gasteiger partial charge in [0, 0.05) is 0 Å². The largest absolute Gasteiger partial charge is 0.488 e. The Morgan fingerprint density at radius 1 is 0.439 bits per heavy atom. The highest BCUT2D eigenvalue weighted by atomic mass is 16.5. The van der Waals surface area contributed by atoms with Crippen molar-refractivity contribution in [3.63, 3.8) is 0 Å². The Bertz CT molecular complexity index is 2620. The van der Waals surface area contributed by atoms with Crippen LogP contribution in [0, 0.1) is 41.5 Å². The van der Waals surface area contributed by atoms with Crippen LogP contribution < -0.4 is 9.47 Å².